The molecule has 2 aliphatic rings. The number of hydrogen-bond acceptors (Lipinski definition) is 3. The lowest BCUT2D eigenvalue weighted by Crippen LogP contribution is -2.58. The highest BCUT2D eigenvalue weighted by Gasteiger charge is 2.39. The van der Waals surface area contributed by atoms with Crippen LogP contribution in [0.15, 0.2) is 0 Å². The number of carbonyl (C=O) groups excluding carboxylic acids is 1. The van der Waals surface area contributed by atoms with E-state index in [1.807, 2.05) is 0 Å². The normalized spacial score (nSPS) is 37.8. The summed E-state index contributed by atoms with van der Waals surface area (Å²) in [5.41, 5.74) is 10.9. The second-order valence-electron chi connectivity index (χ2n) is 6.51. The molecule has 2 fully saturated rings. The fourth-order valence-corrected chi connectivity index (χ4v) is 3.77. The number of likely N-dealkylation sites (tertiary alicyclic amines) is 1. The van der Waals surface area contributed by atoms with Gasteiger partial charge >= 0.3 is 0 Å². The van der Waals surface area contributed by atoms with Gasteiger partial charge in [0.15, 0.2) is 0 Å². The summed E-state index contributed by atoms with van der Waals surface area (Å²) >= 11 is 0. The Morgan fingerprint density at radius 2 is 2.05 bits per heavy atom. The Morgan fingerprint density at radius 3 is 2.74 bits per heavy atom. The maximum atomic E-state index is 11.5. The number of rotatable bonds is 3. The van der Waals surface area contributed by atoms with Crippen LogP contribution in [0.25, 0.3) is 0 Å². The minimum absolute atomic E-state index is 0.321. The summed E-state index contributed by atoms with van der Waals surface area (Å²) in [4.78, 5) is 14.1. The molecule has 1 aliphatic carbocycles. The molecule has 1 heterocycles. The van der Waals surface area contributed by atoms with Crippen molar-refractivity contribution >= 4 is 5.91 Å². The SMILES string of the molecule is CCC1CCCN(C2CCCC(N)(C(N)=O)C2)CC1. The van der Waals surface area contributed by atoms with Crippen LogP contribution in [0.2, 0.25) is 0 Å². The van der Waals surface area contributed by atoms with E-state index in [0.29, 0.717) is 6.04 Å². The minimum atomic E-state index is -0.765. The number of carbonyl (C=O) groups is 1. The molecule has 4 N–H and O–H groups in total. The Bertz CT molecular complexity index is 321. The Labute approximate surface area is 116 Å². The molecule has 3 unspecified atom stereocenters. The van der Waals surface area contributed by atoms with Gasteiger partial charge in [-0.1, -0.05) is 13.3 Å². The van der Waals surface area contributed by atoms with E-state index in [1.165, 1.54) is 32.1 Å². The van der Waals surface area contributed by atoms with E-state index in [1.54, 1.807) is 0 Å². The largest absolute Gasteiger partial charge is 0.368 e. The van der Waals surface area contributed by atoms with E-state index < -0.39 is 5.54 Å². The zero-order chi connectivity index (χ0) is 13.9. The molecule has 110 valence electrons. The summed E-state index contributed by atoms with van der Waals surface area (Å²) in [5.74, 6) is 0.561. The second-order valence-corrected chi connectivity index (χ2v) is 6.51. The van der Waals surface area contributed by atoms with Gasteiger partial charge in [-0.15, -0.1) is 0 Å². The zero-order valence-electron chi connectivity index (χ0n) is 12.2. The van der Waals surface area contributed by atoms with Gasteiger partial charge in [-0.25, -0.2) is 0 Å². The first kappa shape index (κ1) is 14.8. The highest BCUT2D eigenvalue weighted by molar-refractivity contribution is 5.84. The van der Waals surface area contributed by atoms with E-state index in [4.69, 9.17) is 11.5 Å². The van der Waals surface area contributed by atoms with Gasteiger partial charge in [0.1, 0.15) is 0 Å². The van der Waals surface area contributed by atoms with Gasteiger partial charge in [0.2, 0.25) is 5.91 Å². The highest BCUT2D eigenvalue weighted by atomic mass is 16.1. The molecule has 3 atom stereocenters. The summed E-state index contributed by atoms with van der Waals surface area (Å²) in [6.07, 6.45) is 8.92. The Balaban J connectivity index is 1.95. The first-order valence-corrected chi connectivity index (χ1v) is 7.88. The number of nitrogens with two attached hydrogens (primary N) is 2. The second kappa shape index (κ2) is 6.23. The number of primary amides is 1. The van der Waals surface area contributed by atoms with Crippen molar-refractivity contribution in [1.82, 2.24) is 4.90 Å². The minimum Gasteiger partial charge on any atom is -0.368 e. The van der Waals surface area contributed by atoms with Gasteiger partial charge in [-0.2, -0.15) is 0 Å². The maximum absolute atomic E-state index is 11.5. The molecular formula is C15H29N3O. The van der Waals surface area contributed by atoms with Crippen molar-refractivity contribution in [2.45, 2.75) is 69.9 Å². The molecule has 0 aromatic rings. The molecule has 4 heteroatoms. The molecule has 1 aliphatic heterocycles. The van der Waals surface area contributed by atoms with Crippen LogP contribution in [-0.4, -0.2) is 35.5 Å². The fourth-order valence-electron chi connectivity index (χ4n) is 3.77. The van der Waals surface area contributed by atoms with Gasteiger partial charge in [-0.3, -0.25) is 4.79 Å². The lowest BCUT2D eigenvalue weighted by atomic mass is 9.78. The Kier molecular flexibility index (Phi) is 4.85. The summed E-state index contributed by atoms with van der Waals surface area (Å²) in [6, 6.07) is 0.460. The summed E-state index contributed by atoms with van der Waals surface area (Å²) in [6.45, 7) is 4.62. The summed E-state index contributed by atoms with van der Waals surface area (Å²) in [7, 11) is 0. The molecule has 1 amide bonds. The molecule has 1 saturated carbocycles. The van der Waals surface area contributed by atoms with E-state index in [0.717, 1.165) is 38.3 Å². The van der Waals surface area contributed by atoms with E-state index >= 15 is 0 Å². The van der Waals surface area contributed by atoms with Crippen molar-refractivity contribution in [3.05, 3.63) is 0 Å². The average Bonchev–Trinajstić information content (AvgIpc) is 2.64. The molecule has 19 heavy (non-hydrogen) atoms. The zero-order valence-corrected chi connectivity index (χ0v) is 12.2. The first-order chi connectivity index (χ1) is 9.05. The molecular weight excluding hydrogens is 238 g/mol. The lowest BCUT2D eigenvalue weighted by molar-refractivity contribution is -0.125. The third-order valence-corrected chi connectivity index (χ3v) is 5.23. The molecule has 1 saturated heterocycles. The Hall–Kier alpha value is -0.610. The molecule has 0 bridgehead atoms. The predicted molar refractivity (Wildman–Crippen MR) is 77.6 cm³/mol. The number of nitrogens with zero attached hydrogens (tertiary/aromatic N) is 1. The predicted octanol–water partition coefficient (Wildman–Crippen LogP) is 1.62. The third-order valence-electron chi connectivity index (χ3n) is 5.23. The lowest BCUT2D eigenvalue weighted by Gasteiger charge is -2.41. The number of hydrogen-bond donors (Lipinski definition) is 2. The monoisotopic (exact) mass is 267 g/mol. The molecule has 4 nitrogen and oxygen atoms in total. The molecule has 0 aromatic heterocycles. The van der Waals surface area contributed by atoms with Crippen LogP contribution in [-0.2, 0) is 4.79 Å². The van der Waals surface area contributed by atoms with Crippen molar-refractivity contribution in [2.75, 3.05) is 13.1 Å². The van der Waals surface area contributed by atoms with Crippen LogP contribution in [0.5, 0.6) is 0 Å². The first-order valence-electron chi connectivity index (χ1n) is 7.88. The average molecular weight is 267 g/mol. The van der Waals surface area contributed by atoms with Gasteiger partial charge in [0.05, 0.1) is 5.54 Å². The molecule has 2 rings (SSSR count). The fraction of sp³-hybridized carbons (Fsp3) is 0.933. The van der Waals surface area contributed by atoms with Crippen molar-refractivity contribution < 1.29 is 4.79 Å². The van der Waals surface area contributed by atoms with Crippen LogP contribution < -0.4 is 11.5 Å². The van der Waals surface area contributed by atoms with Crippen LogP contribution in [0.1, 0.15) is 58.3 Å². The standard InChI is InChI=1S/C15H29N3O/c1-2-12-5-4-9-18(10-7-12)13-6-3-8-15(17,11-13)14(16)19/h12-13H,2-11,17H2,1H3,(H2,16,19). The maximum Gasteiger partial charge on any atom is 0.237 e. The quantitative estimate of drug-likeness (QED) is 0.816. The topological polar surface area (TPSA) is 72.3 Å². The van der Waals surface area contributed by atoms with Crippen LogP contribution >= 0.6 is 0 Å². The summed E-state index contributed by atoms with van der Waals surface area (Å²) in [5, 5.41) is 0. The van der Waals surface area contributed by atoms with Gasteiger partial charge in [0, 0.05) is 6.04 Å². The van der Waals surface area contributed by atoms with Crippen molar-refractivity contribution in [3.63, 3.8) is 0 Å². The van der Waals surface area contributed by atoms with E-state index in [9.17, 15) is 4.79 Å². The van der Waals surface area contributed by atoms with Crippen LogP contribution in [0, 0.1) is 5.92 Å². The summed E-state index contributed by atoms with van der Waals surface area (Å²) < 4.78 is 0. The molecule has 0 radical (unpaired) electrons. The van der Waals surface area contributed by atoms with E-state index in [2.05, 4.69) is 11.8 Å². The van der Waals surface area contributed by atoms with E-state index in [-0.39, 0.29) is 5.91 Å². The highest BCUT2D eigenvalue weighted by Crippen LogP contribution is 2.31. The van der Waals surface area contributed by atoms with Crippen molar-refractivity contribution in [1.29, 1.82) is 0 Å². The van der Waals surface area contributed by atoms with Crippen molar-refractivity contribution in [3.8, 4) is 0 Å². The van der Waals surface area contributed by atoms with Gasteiger partial charge in [0.25, 0.3) is 0 Å². The smallest absolute Gasteiger partial charge is 0.237 e. The van der Waals surface area contributed by atoms with Gasteiger partial charge in [-0.05, 0) is 64.0 Å². The number of amides is 1. The van der Waals surface area contributed by atoms with Gasteiger partial charge < -0.3 is 16.4 Å². The molecule has 0 spiro atoms. The molecule has 0 aromatic carbocycles. The Morgan fingerprint density at radius 1 is 1.26 bits per heavy atom. The van der Waals surface area contributed by atoms with Crippen molar-refractivity contribution in [2.24, 2.45) is 17.4 Å². The van der Waals surface area contributed by atoms with Crippen LogP contribution in [0.4, 0.5) is 0 Å². The van der Waals surface area contributed by atoms with Crippen LogP contribution in [0.3, 0.4) is 0 Å². The third kappa shape index (κ3) is 3.48.